The summed E-state index contributed by atoms with van der Waals surface area (Å²) in [5.41, 5.74) is 0.954. The van der Waals surface area contributed by atoms with Crippen molar-refractivity contribution in [3.63, 3.8) is 0 Å². The predicted octanol–water partition coefficient (Wildman–Crippen LogP) is 2.47. The van der Waals surface area contributed by atoms with Crippen LogP contribution in [0.3, 0.4) is 0 Å². The van der Waals surface area contributed by atoms with E-state index >= 15 is 0 Å². The molecular weight excluding hydrogens is 274 g/mol. The molecule has 1 aliphatic rings. The Balaban J connectivity index is 1.86. The van der Waals surface area contributed by atoms with E-state index in [-0.39, 0.29) is 0 Å². The van der Waals surface area contributed by atoms with Crippen LogP contribution in [0, 0.1) is 0 Å². The molecule has 1 aromatic carbocycles. The summed E-state index contributed by atoms with van der Waals surface area (Å²) in [4.78, 5) is 0. The maximum atomic E-state index is 5.71. The average molecular weight is 291 g/mol. The summed E-state index contributed by atoms with van der Waals surface area (Å²) < 4.78 is 11.3. The van der Waals surface area contributed by atoms with Crippen LogP contribution in [0.2, 0.25) is 0 Å². The average Bonchev–Trinajstić information content (AvgIpc) is 2.93. The number of hydrogen-bond donors (Lipinski definition) is 1. The first-order chi connectivity index (χ1) is 9.74. The summed E-state index contributed by atoms with van der Waals surface area (Å²) in [7, 11) is 0. The molecule has 1 aliphatic heterocycles. The molecule has 0 unspecified atom stereocenters. The van der Waals surface area contributed by atoms with Crippen molar-refractivity contribution in [1.29, 1.82) is 0 Å². The number of ether oxygens (including phenoxy) is 2. The van der Waals surface area contributed by atoms with Crippen LogP contribution in [0.1, 0.15) is 18.9 Å². The van der Waals surface area contributed by atoms with Gasteiger partial charge in [0.1, 0.15) is 18.2 Å². The molecule has 106 valence electrons. The quantitative estimate of drug-likeness (QED) is 0.938. The minimum atomic E-state index is 0.434. The second kappa shape index (κ2) is 5.76. The van der Waals surface area contributed by atoms with Gasteiger partial charge in [0.15, 0.2) is 16.5 Å². The van der Waals surface area contributed by atoms with Crippen molar-refractivity contribution in [3.05, 3.63) is 23.2 Å². The summed E-state index contributed by atoms with van der Waals surface area (Å²) in [6.45, 7) is 6.13. The van der Waals surface area contributed by atoms with Gasteiger partial charge in [-0.1, -0.05) is 31.3 Å². The van der Waals surface area contributed by atoms with Gasteiger partial charge < -0.3 is 14.8 Å². The van der Waals surface area contributed by atoms with Crippen molar-refractivity contribution in [2.75, 3.05) is 13.2 Å². The lowest BCUT2D eigenvalue weighted by Crippen LogP contribution is -2.21. The zero-order valence-corrected chi connectivity index (χ0v) is 12.4. The SMILES string of the molecule is CC(C)NCc1nnc(-c2cccc3c2OCCO3)s1. The van der Waals surface area contributed by atoms with Crippen molar-refractivity contribution in [2.24, 2.45) is 0 Å². The maximum absolute atomic E-state index is 5.71. The molecule has 0 bridgehead atoms. The van der Waals surface area contributed by atoms with E-state index in [0.717, 1.165) is 33.6 Å². The Bertz CT molecular complexity index is 598. The lowest BCUT2D eigenvalue weighted by Gasteiger charge is -2.19. The van der Waals surface area contributed by atoms with Crippen LogP contribution >= 0.6 is 11.3 Å². The van der Waals surface area contributed by atoms with E-state index in [9.17, 15) is 0 Å². The predicted molar refractivity (Wildman–Crippen MR) is 78.3 cm³/mol. The van der Waals surface area contributed by atoms with Crippen LogP contribution in [0.15, 0.2) is 18.2 Å². The third-order valence-corrected chi connectivity index (χ3v) is 3.88. The molecule has 1 aromatic heterocycles. The first-order valence-electron chi connectivity index (χ1n) is 6.69. The monoisotopic (exact) mass is 291 g/mol. The van der Waals surface area contributed by atoms with Gasteiger partial charge in [0.05, 0.1) is 5.56 Å². The molecule has 0 saturated heterocycles. The summed E-state index contributed by atoms with van der Waals surface area (Å²) in [5, 5.41) is 13.7. The number of benzene rings is 1. The zero-order chi connectivity index (χ0) is 13.9. The lowest BCUT2D eigenvalue weighted by molar-refractivity contribution is 0.172. The molecule has 0 radical (unpaired) electrons. The standard InChI is InChI=1S/C14H17N3O2S/c1-9(2)15-8-12-16-17-14(20-12)10-4-3-5-11-13(10)19-7-6-18-11/h3-5,9,15H,6-8H2,1-2H3. The fourth-order valence-corrected chi connectivity index (χ4v) is 2.78. The van der Waals surface area contributed by atoms with Crippen LogP contribution in [0.25, 0.3) is 10.6 Å². The first-order valence-corrected chi connectivity index (χ1v) is 7.50. The van der Waals surface area contributed by atoms with Gasteiger partial charge in [0.25, 0.3) is 0 Å². The number of fused-ring (bicyclic) bond motifs is 1. The summed E-state index contributed by atoms with van der Waals surface area (Å²) in [6, 6.07) is 6.30. The Morgan fingerprint density at radius 3 is 2.95 bits per heavy atom. The number of para-hydroxylation sites is 1. The van der Waals surface area contributed by atoms with Gasteiger partial charge in [-0.3, -0.25) is 0 Å². The molecule has 0 aliphatic carbocycles. The Kier molecular flexibility index (Phi) is 3.84. The molecule has 2 aromatic rings. The van der Waals surface area contributed by atoms with Crippen molar-refractivity contribution in [1.82, 2.24) is 15.5 Å². The van der Waals surface area contributed by atoms with Gasteiger partial charge in [-0.05, 0) is 12.1 Å². The highest BCUT2D eigenvalue weighted by Crippen LogP contribution is 2.40. The molecule has 0 fully saturated rings. The molecule has 0 spiro atoms. The third-order valence-electron chi connectivity index (χ3n) is 2.92. The third kappa shape index (κ3) is 2.76. The van der Waals surface area contributed by atoms with Crippen LogP contribution in [-0.4, -0.2) is 29.5 Å². The normalized spacial score (nSPS) is 13.8. The second-order valence-electron chi connectivity index (χ2n) is 4.87. The van der Waals surface area contributed by atoms with Crippen molar-refractivity contribution < 1.29 is 9.47 Å². The smallest absolute Gasteiger partial charge is 0.171 e. The van der Waals surface area contributed by atoms with Gasteiger partial charge in [0, 0.05) is 12.6 Å². The van der Waals surface area contributed by atoms with Gasteiger partial charge >= 0.3 is 0 Å². The van der Waals surface area contributed by atoms with E-state index in [1.807, 2.05) is 18.2 Å². The van der Waals surface area contributed by atoms with Crippen molar-refractivity contribution >= 4 is 11.3 Å². The first kappa shape index (κ1) is 13.3. The molecule has 2 heterocycles. The van der Waals surface area contributed by atoms with Crippen LogP contribution < -0.4 is 14.8 Å². The highest BCUT2D eigenvalue weighted by Gasteiger charge is 2.19. The Hall–Kier alpha value is -1.66. The number of nitrogens with one attached hydrogen (secondary N) is 1. The van der Waals surface area contributed by atoms with E-state index < -0.39 is 0 Å². The molecule has 1 N–H and O–H groups in total. The lowest BCUT2D eigenvalue weighted by atomic mass is 10.2. The molecule has 20 heavy (non-hydrogen) atoms. The molecule has 0 saturated carbocycles. The fourth-order valence-electron chi connectivity index (χ4n) is 1.97. The highest BCUT2D eigenvalue weighted by molar-refractivity contribution is 7.14. The summed E-state index contributed by atoms with van der Waals surface area (Å²) in [5.74, 6) is 1.56. The van der Waals surface area contributed by atoms with E-state index in [1.165, 1.54) is 0 Å². The minimum absolute atomic E-state index is 0.434. The van der Waals surface area contributed by atoms with Gasteiger partial charge in [-0.25, -0.2) is 0 Å². The summed E-state index contributed by atoms with van der Waals surface area (Å²) in [6.07, 6.45) is 0. The van der Waals surface area contributed by atoms with Crippen molar-refractivity contribution in [2.45, 2.75) is 26.4 Å². The van der Waals surface area contributed by atoms with E-state index in [4.69, 9.17) is 9.47 Å². The number of nitrogens with zero attached hydrogens (tertiary/aromatic N) is 2. The summed E-state index contributed by atoms with van der Waals surface area (Å²) >= 11 is 1.58. The van der Waals surface area contributed by atoms with Gasteiger partial charge in [-0.15, -0.1) is 10.2 Å². The molecular formula is C14H17N3O2S. The Morgan fingerprint density at radius 2 is 2.10 bits per heavy atom. The fraction of sp³-hybridized carbons (Fsp3) is 0.429. The van der Waals surface area contributed by atoms with E-state index in [2.05, 4.69) is 29.4 Å². The minimum Gasteiger partial charge on any atom is -0.486 e. The van der Waals surface area contributed by atoms with E-state index in [0.29, 0.717) is 19.3 Å². The van der Waals surface area contributed by atoms with E-state index in [1.54, 1.807) is 11.3 Å². The number of rotatable bonds is 4. The van der Waals surface area contributed by atoms with Gasteiger partial charge in [0.2, 0.25) is 0 Å². The largest absolute Gasteiger partial charge is 0.486 e. The van der Waals surface area contributed by atoms with Crippen molar-refractivity contribution in [3.8, 4) is 22.1 Å². The Morgan fingerprint density at radius 1 is 1.25 bits per heavy atom. The molecule has 0 atom stereocenters. The molecule has 0 amide bonds. The van der Waals surface area contributed by atoms with Crippen LogP contribution in [-0.2, 0) is 6.54 Å². The maximum Gasteiger partial charge on any atom is 0.171 e. The molecule has 5 nitrogen and oxygen atoms in total. The van der Waals surface area contributed by atoms with Crippen LogP contribution in [0.5, 0.6) is 11.5 Å². The molecule has 3 rings (SSSR count). The number of hydrogen-bond acceptors (Lipinski definition) is 6. The topological polar surface area (TPSA) is 56.3 Å². The Labute approximate surface area is 121 Å². The number of aromatic nitrogens is 2. The van der Waals surface area contributed by atoms with Gasteiger partial charge in [-0.2, -0.15) is 0 Å². The second-order valence-corrected chi connectivity index (χ2v) is 5.93. The van der Waals surface area contributed by atoms with Crippen LogP contribution in [0.4, 0.5) is 0 Å². The zero-order valence-electron chi connectivity index (χ0n) is 11.5. The highest BCUT2D eigenvalue weighted by atomic mass is 32.1. The molecule has 6 heteroatoms.